The predicted molar refractivity (Wildman–Crippen MR) is 82.9 cm³/mol. The van der Waals surface area contributed by atoms with Gasteiger partial charge in [0.1, 0.15) is 5.82 Å². The number of hydrogen-bond donors (Lipinski definition) is 1. The zero-order valence-corrected chi connectivity index (χ0v) is 12.4. The van der Waals surface area contributed by atoms with E-state index in [4.69, 9.17) is 5.73 Å². The van der Waals surface area contributed by atoms with Crippen molar-refractivity contribution in [2.75, 3.05) is 23.7 Å². The Hall–Kier alpha value is -2.24. The third-order valence-corrected chi connectivity index (χ3v) is 5.00. The molecule has 0 bridgehead atoms. The second kappa shape index (κ2) is 4.63. The number of rotatable bonds is 2. The molecule has 6 heteroatoms. The molecule has 1 unspecified atom stereocenters. The van der Waals surface area contributed by atoms with Crippen LogP contribution in [-0.4, -0.2) is 24.0 Å². The number of anilines is 2. The monoisotopic (exact) mass is 319 g/mol. The molecule has 1 aliphatic carbocycles. The number of alkyl halides is 2. The van der Waals surface area contributed by atoms with Crippen LogP contribution in [0.3, 0.4) is 0 Å². The summed E-state index contributed by atoms with van der Waals surface area (Å²) in [6, 6.07) is 7.99. The molecule has 1 aromatic heterocycles. The largest absolute Gasteiger partial charge is 0.395 e. The van der Waals surface area contributed by atoms with Gasteiger partial charge in [-0.15, -0.1) is 0 Å². The fraction of sp³-hybridized carbons (Fsp3) is 0.353. The van der Waals surface area contributed by atoms with Gasteiger partial charge in [-0.2, -0.15) is 0 Å². The van der Waals surface area contributed by atoms with Crippen molar-refractivity contribution in [3.05, 3.63) is 42.3 Å². The number of halogens is 3. The molecule has 1 saturated carbocycles. The molecule has 0 amide bonds. The molecule has 3 nitrogen and oxygen atoms in total. The minimum atomic E-state index is -2.58. The van der Waals surface area contributed by atoms with Crippen LogP contribution in [0, 0.1) is 11.2 Å². The van der Waals surface area contributed by atoms with Gasteiger partial charge in [-0.3, -0.25) is 0 Å². The SMILES string of the molecule is Nc1c(-c2ccccc2F)ccnc1N1CCC2(C1)CC2(F)F. The lowest BCUT2D eigenvalue weighted by Gasteiger charge is -2.21. The van der Waals surface area contributed by atoms with E-state index in [9.17, 15) is 13.2 Å². The first-order chi connectivity index (χ1) is 10.9. The fourth-order valence-electron chi connectivity index (χ4n) is 3.51. The van der Waals surface area contributed by atoms with Crippen LogP contribution in [0.15, 0.2) is 36.5 Å². The summed E-state index contributed by atoms with van der Waals surface area (Å²) >= 11 is 0. The van der Waals surface area contributed by atoms with Crippen molar-refractivity contribution in [2.24, 2.45) is 5.41 Å². The lowest BCUT2D eigenvalue weighted by atomic mass is 10.0. The average Bonchev–Trinajstić information content (AvgIpc) is 2.84. The summed E-state index contributed by atoms with van der Waals surface area (Å²) < 4.78 is 41.1. The maximum absolute atomic E-state index is 14.0. The molecule has 1 saturated heterocycles. The van der Waals surface area contributed by atoms with Gasteiger partial charge in [0.2, 0.25) is 0 Å². The van der Waals surface area contributed by atoms with Gasteiger partial charge in [-0.1, -0.05) is 18.2 Å². The molecule has 120 valence electrons. The van der Waals surface area contributed by atoms with E-state index in [2.05, 4.69) is 4.98 Å². The molecular formula is C17H16F3N3. The van der Waals surface area contributed by atoms with Gasteiger partial charge in [-0.25, -0.2) is 18.2 Å². The zero-order chi connectivity index (χ0) is 16.2. The fourth-order valence-corrected chi connectivity index (χ4v) is 3.51. The Kier molecular flexibility index (Phi) is 2.89. The van der Waals surface area contributed by atoms with Gasteiger partial charge in [0, 0.05) is 36.8 Å². The van der Waals surface area contributed by atoms with Crippen LogP contribution in [0.2, 0.25) is 0 Å². The first-order valence-corrected chi connectivity index (χ1v) is 7.56. The van der Waals surface area contributed by atoms with Crippen molar-refractivity contribution in [3.8, 4) is 11.1 Å². The number of nitrogen functional groups attached to an aromatic ring is 1. The molecular weight excluding hydrogens is 303 g/mol. The summed E-state index contributed by atoms with van der Waals surface area (Å²) in [7, 11) is 0. The number of aromatic nitrogens is 1. The minimum absolute atomic E-state index is 0.0661. The van der Waals surface area contributed by atoms with Gasteiger partial charge in [0.05, 0.1) is 11.1 Å². The van der Waals surface area contributed by atoms with E-state index in [0.29, 0.717) is 35.6 Å². The van der Waals surface area contributed by atoms with E-state index in [-0.39, 0.29) is 18.8 Å². The van der Waals surface area contributed by atoms with E-state index in [1.54, 1.807) is 35.4 Å². The predicted octanol–water partition coefficient (Wildman–Crippen LogP) is 3.71. The number of nitrogens with two attached hydrogens (primary N) is 1. The van der Waals surface area contributed by atoms with Crippen LogP contribution in [0.25, 0.3) is 11.1 Å². The third-order valence-electron chi connectivity index (χ3n) is 5.00. The number of hydrogen-bond acceptors (Lipinski definition) is 3. The molecule has 0 radical (unpaired) electrons. The Morgan fingerprint density at radius 1 is 1.13 bits per heavy atom. The lowest BCUT2D eigenvalue weighted by Crippen LogP contribution is -2.24. The average molecular weight is 319 g/mol. The van der Waals surface area contributed by atoms with E-state index in [1.807, 2.05) is 0 Å². The summed E-state index contributed by atoms with van der Waals surface area (Å²) in [4.78, 5) is 6.04. The van der Waals surface area contributed by atoms with Crippen LogP contribution in [0.4, 0.5) is 24.7 Å². The van der Waals surface area contributed by atoms with Crippen molar-refractivity contribution in [3.63, 3.8) is 0 Å². The first kappa shape index (κ1) is 14.4. The van der Waals surface area contributed by atoms with Gasteiger partial charge in [-0.05, 0) is 18.6 Å². The van der Waals surface area contributed by atoms with Crippen LogP contribution >= 0.6 is 0 Å². The normalized spacial score (nSPS) is 25.1. The highest BCUT2D eigenvalue weighted by atomic mass is 19.3. The number of benzene rings is 1. The maximum Gasteiger partial charge on any atom is 0.256 e. The van der Waals surface area contributed by atoms with E-state index in [0.717, 1.165) is 0 Å². The number of nitrogens with zero attached hydrogens (tertiary/aromatic N) is 2. The van der Waals surface area contributed by atoms with Crippen molar-refractivity contribution in [1.29, 1.82) is 0 Å². The topological polar surface area (TPSA) is 42.1 Å². The highest BCUT2D eigenvalue weighted by molar-refractivity contribution is 5.84. The molecule has 4 rings (SSSR count). The smallest absolute Gasteiger partial charge is 0.256 e. The minimum Gasteiger partial charge on any atom is -0.395 e. The van der Waals surface area contributed by atoms with Gasteiger partial charge < -0.3 is 10.6 Å². The van der Waals surface area contributed by atoms with E-state index in [1.165, 1.54) is 6.07 Å². The molecule has 1 aromatic carbocycles. The second-order valence-corrected chi connectivity index (χ2v) is 6.41. The zero-order valence-electron chi connectivity index (χ0n) is 12.4. The Morgan fingerprint density at radius 2 is 1.87 bits per heavy atom. The summed E-state index contributed by atoms with van der Waals surface area (Å²) in [5, 5.41) is 0. The third kappa shape index (κ3) is 2.08. The molecule has 1 aliphatic heterocycles. The Balaban J connectivity index is 1.69. The van der Waals surface area contributed by atoms with Crippen LogP contribution in [0.1, 0.15) is 12.8 Å². The Morgan fingerprint density at radius 3 is 2.52 bits per heavy atom. The highest BCUT2D eigenvalue weighted by Crippen LogP contribution is 2.65. The van der Waals surface area contributed by atoms with Gasteiger partial charge >= 0.3 is 0 Å². The van der Waals surface area contributed by atoms with Crippen molar-refractivity contribution in [2.45, 2.75) is 18.8 Å². The standard InChI is InChI=1S/C17H16F3N3/c18-13-4-2-1-3-11(13)12-5-7-22-15(14(12)21)23-8-6-16(10-23)9-17(16,19)20/h1-5,7H,6,8-10,21H2. The second-order valence-electron chi connectivity index (χ2n) is 6.41. The highest BCUT2D eigenvalue weighted by Gasteiger charge is 2.72. The van der Waals surface area contributed by atoms with E-state index < -0.39 is 11.3 Å². The summed E-state index contributed by atoms with van der Waals surface area (Å²) in [6.07, 6.45) is 1.91. The molecule has 2 heterocycles. The Labute approximate surface area is 131 Å². The maximum atomic E-state index is 14.0. The van der Waals surface area contributed by atoms with Crippen molar-refractivity contribution < 1.29 is 13.2 Å². The molecule has 2 fully saturated rings. The van der Waals surface area contributed by atoms with Crippen LogP contribution in [-0.2, 0) is 0 Å². The molecule has 23 heavy (non-hydrogen) atoms. The van der Waals surface area contributed by atoms with Crippen molar-refractivity contribution >= 4 is 11.5 Å². The molecule has 1 atom stereocenters. The van der Waals surface area contributed by atoms with Crippen LogP contribution in [0.5, 0.6) is 0 Å². The molecule has 2 N–H and O–H groups in total. The molecule has 1 spiro atoms. The first-order valence-electron chi connectivity index (χ1n) is 7.56. The van der Waals surface area contributed by atoms with Crippen molar-refractivity contribution in [1.82, 2.24) is 4.98 Å². The van der Waals surface area contributed by atoms with Gasteiger partial charge in [0.25, 0.3) is 5.92 Å². The Bertz CT molecular complexity index is 777. The molecule has 2 aliphatic rings. The molecule has 2 aromatic rings. The number of pyridine rings is 1. The van der Waals surface area contributed by atoms with E-state index >= 15 is 0 Å². The van der Waals surface area contributed by atoms with Gasteiger partial charge in [0.15, 0.2) is 5.82 Å². The summed E-state index contributed by atoms with van der Waals surface area (Å²) in [5.74, 6) is -2.49. The van der Waals surface area contributed by atoms with Crippen LogP contribution < -0.4 is 10.6 Å². The lowest BCUT2D eigenvalue weighted by molar-refractivity contribution is 0.0711. The summed E-state index contributed by atoms with van der Waals surface area (Å²) in [5.41, 5.74) is 6.52. The quantitative estimate of drug-likeness (QED) is 0.917. The summed E-state index contributed by atoms with van der Waals surface area (Å²) in [6.45, 7) is 0.742.